The molecule has 2 heterocycles. The molecular formula is C10H12N2. The quantitative estimate of drug-likeness (QED) is 0.572. The monoisotopic (exact) mass is 160 g/mol. The van der Waals surface area contributed by atoms with E-state index in [4.69, 9.17) is 0 Å². The van der Waals surface area contributed by atoms with Gasteiger partial charge >= 0.3 is 0 Å². The smallest absolute Gasteiger partial charge is 0.0368 e. The number of hydrogen-bond donors (Lipinski definition) is 0. The predicted molar refractivity (Wildman–Crippen MR) is 49.6 cm³/mol. The number of aromatic nitrogens is 1. The van der Waals surface area contributed by atoms with Gasteiger partial charge in [-0.05, 0) is 18.1 Å². The average Bonchev–Trinajstić information content (AvgIpc) is 2.12. The lowest BCUT2D eigenvalue weighted by Gasteiger charge is -2.28. The molecule has 0 saturated heterocycles. The van der Waals surface area contributed by atoms with E-state index in [1.807, 2.05) is 18.5 Å². The Balaban J connectivity index is 2.49. The van der Waals surface area contributed by atoms with Crippen molar-refractivity contribution in [1.29, 1.82) is 0 Å². The standard InChI is InChI=1S/C10H12N2/c1-8-10-3-5-11-7-9(10)4-6-12(8)2/h3,5,7H,1,4,6H2,2H3. The van der Waals surface area contributed by atoms with Crippen molar-refractivity contribution in [2.75, 3.05) is 13.6 Å². The van der Waals surface area contributed by atoms with Crippen molar-refractivity contribution >= 4 is 5.70 Å². The van der Waals surface area contributed by atoms with Crippen LogP contribution in [-0.4, -0.2) is 23.5 Å². The van der Waals surface area contributed by atoms with Gasteiger partial charge in [0.2, 0.25) is 0 Å². The highest BCUT2D eigenvalue weighted by molar-refractivity contribution is 5.65. The van der Waals surface area contributed by atoms with Gasteiger partial charge in [0.15, 0.2) is 0 Å². The van der Waals surface area contributed by atoms with E-state index in [0.717, 1.165) is 18.7 Å². The summed E-state index contributed by atoms with van der Waals surface area (Å²) in [5, 5.41) is 0. The number of hydrogen-bond acceptors (Lipinski definition) is 2. The average molecular weight is 160 g/mol. The molecule has 0 aromatic carbocycles. The lowest BCUT2D eigenvalue weighted by molar-refractivity contribution is 0.469. The molecule has 2 heteroatoms. The van der Waals surface area contributed by atoms with Crippen LogP contribution in [0.2, 0.25) is 0 Å². The van der Waals surface area contributed by atoms with E-state index in [-0.39, 0.29) is 0 Å². The first kappa shape index (κ1) is 7.35. The minimum atomic E-state index is 1.05. The van der Waals surface area contributed by atoms with Crippen LogP contribution in [0.25, 0.3) is 5.70 Å². The van der Waals surface area contributed by atoms with Crippen molar-refractivity contribution in [2.45, 2.75) is 6.42 Å². The van der Waals surface area contributed by atoms with Gasteiger partial charge in [-0.25, -0.2) is 0 Å². The summed E-state index contributed by atoms with van der Waals surface area (Å²) in [5.41, 5.74) is 3.68. The van der Waals surface area contributed by atoms with Crippen molar-refractivity contribution < 1.29 is 0 Å². The third-order valence-electron chi connectivity index (χ3n) is 2.39. The molecule has 1 aliphatic rings. The van der Waals surface area contributed by atoms with Crippen molar-refractivity contribution in [1.82, 2.24) is 9.88 Å². The fourth-order valence-corrected chi connectivity index (χ4v) is 1.54. The molecule has 0 bridgehead atoms. The molecular weight excluding hydrogens is 148 g/mol. The third-order valence-corrected chi connectivity index (χ3v) is 2.39. The van der Waals surface area contributed by atoms with Gasteiger partial charge in [-0.3, -0.25) is 4.98 Å². The summed E-state index contributed by atoms with van der Waals surface area (Å²) in [4.78, 5) is 6.28. The molecule has 0 fully saturated rings. The second-order valence-electron chi connectivity index (χ2n) is 3.15. The second-order valence-corrected chi connectivity index (χ2v) is 3.15. The van der Waals surface area contributed by atoms with Gasteiger partial charge in [-0.15, -0.1) is 0 Å². The summed E-state index contributed by atoms with van der Waals surface area (Å²) in [6, 6.07) is 2.04. The van der Waals surface area contributed by atoms with E-state index >= 15 is 0 Å². The summed E-state index contributed by atoms with van der Waals surface area (Å²) < 4.78 is 0. The Morgan fingerprint density at radius 1 is 1.58 bits per heavy atom. The maximum absolute atomic E-state index is 4.10. The minimum Gasteiger partial charge on any atom is -0.374 e. The van der Waals surface area contributed by atoms with E-state index in [2.05, 4.69) is 23.5 Å². The Kier molecular flexibility index (Phi) is 1.61. The molecule has 0 atom stereocenters. The molecule has 0 saturated carbocycles. The molecule has 1 aromatic heterocycles. The molecule has 0 amide bonds. The van der Waals surface area contributed by atoms with Gasteiger partial charge < -0.3 is 4.90 Å². The SMILES string of the molecule is C=C1c2ccncc2CCN1C. The van der Waals surface area contributed by atoms with Crippen molar-refractivity contribution in [3.05, 3.63) is 36.2 Å². The molecule has 1 aromatic rings. The van der Waals surface area contributed by atoms with Crippen LogP contribution in [0.1, 0.15) is 11.1 Å². The van der Waals surface area contributed by atoms with Gasteiger partial charge in [0.25, 0.3) is 0 Å². The fourth-order valence-electron chi connectivity index (χ4n) is 1.54. The Morgan fingerprint density at radius 3 is 3.25 bits per heavy atom. The Bertz CT molecular complexity index is 317. The highest BCUT2D eigenvalue weighted by atomic mass is 15.1. The number of fused-ring (bicyclic) bond motifs is 1. The highest BCUT2D eigenvalue weighted by Gasteiger charge is 2.15. The molecule has 1 aliphatic heterocycles. The second kappa shape index (κ2) is 2.63. The zero-order valence-electron chi connectivity index (χ0n) is 7.25. The maximum atomic E-state index is 4.10. The summed E-state index contributed by atoms with van der Waals surface area (Å²) in [7, 11) is 2.08. The van der Waals surface area contributed by atoms with Gasteiger partial charge in [0.1, 0.15) is 0 Å². The molecule has 0 aliphatic carbocycles. The topological polar surface area (TPSA) is 16.1 Å². The highest BCUT2D eigenvalue weighted by Crippen LogP contribution is 2.24. The molecule has 0 radical (unpaired) electrons. The molecule has 2 rings (SSSR count). The van der Waals surface area contributed by atoms with Gasteiger partial charge in [0, 0.05) is 37.2 Å². The maximum Gasteiger partial charge on any atom is 0.0368 e. The van der Waals surface area contributed by atoms with E-state index < -0.39 is 0 Å². The first-order valence-electron chi connectivity index (χ1n) is 4.12. The van der Waals surface area contributed by atoms with Crippen LogP contribution in [0.3, 0.4) is 0 Å². The summed E-state index contributed by atoms with van der Waals surface area (Å²) in [6.45, 7) is 5.09. The molecule has 0 N–H and O–H groups in total. The third kappa shape index (κ3) is 0.998. The van der Waals surface area contributed by atoms with Crippen molar-refractivity contribution in [2.24, 2.45) is 0 Å². The predicted octanol–water partition coefficient (Wildman–Crippen LogP) is 1.54. The molecule has 2 nitrogen and oxygen atoms in total. The van der Waals surface area contributed by atoms with Gasteiger partial charge in [-0.2, -0.15) is 0 Å². The van der Waals surface area contributed by atoms with E-state index in [1.54, 1.807) is 0 Å². The number of likely N-dealkylation sites (N-methyl/N-ethyl adjacent to an activating group) is 1. The Hall–Kier alpha value is -1.31. The van der Waals surface area contributed by atoms with Crippen LogP contribution in [0.4, 0.5) is 0 Å². The van der Waals surface area contributed by atoms with Crippen LogP contribution in [0.15, 0.2) is 25.0 Å². The lowest BCUT2D eigenvalue weighted by atomic mass is 10.0. The Labute approximate surface area is 72.5 Å². The molecule has 0 spiro atoms. The first-order chi connectivity index (χ1) is 5.79. The van der Waals surface area contributed by atoms with E-state index in [0.29, 0.717) is 0 Å². The zero-order chi connectivity index (χ0) is 8.55. The van der Waals surface area contributed by atoms with Crippen LogP contribution in [0, 0.1) is 0 Å². The van der Waals surface area contributed by atoms with Crippen molar-refractivity contribution in [3.63, 3.8) is 0 Å². The molecule has 12 heavy (non-hydrogen) atoms. The van der Waals surface area contributed by atoms with E-state index in [9.17, 15) is 0 Å². The van der Waals surface area contributed by atoms with Gasteiger partial charge in [-0.1, -0.05) is 6.58 Å². The van der Waals surface area contributed by atoms with Crippen LogP contribution < -0.4 is 0 Å². The Morgan fingerprint density at radius 2 is 2.42 bits per heavy atom. The molecule has 0 unspecified atom stereocenters. The van der Waals surface area contributed by atoms with Gasteiger partial charge in [0.05, 0.1) is 0 Å². The van der Waals surface area contributed by atoms with E-state index in [1.165, 1.54) is 11.1 Å². The number of rotatable bonds is 0. The summed E-state index contributed by atoms with van der Waals surface area (Å²) in [6.07, 6.45) is 4.84. The summed E-state index contributed by atoms with van der Waals surface area (Å²) >= 11 is 0. The number of nitrogens with zero attached hydrogens (tertiary/aromatic N) is 2. The lowest BCUT2D eigenvalue weighted by Crippen LogP contribution is -2.24. The fraction of sp³-hybridized carbons (Fsp3) is 0.300. The normalized spacial score (nSPS) is 16.1. The summed E-state index contributed by atoms with van der Waals surface area (Å²) in [5.74, 6) is 0. The minimum absolute atomic E-state index is 1.05. The number of pyridine rings is 1. The zero-order valence-corrected chi connectivity index (χ0v) is 7.25. The first-order valence-corrected chi connectivity index (χ1v) is 4.12. The van der Waals surface area contributed by atoms with Crippen molar-refractivity contribution in [3.8, 4) is 0 Å². The van der Waals surface area contributed by atoms with Crippen LogP contribution in [-0.2, 0) is 6.42 Å². The largest absolute Gasteiger partial charge is 0.374 e. The van der Waals surface area contributed by atoms with Crippen LogP contribution >= 0.6 is 0 Å². The van der Waals surface area contributed by atoms with Crippen LogP contribution in [0.5, 0.6) is 0 Å². The molecule has 62 valence electrons.